The highest BCUT2D eigenvalue weighted by Crippen LogP contribution is 2.10. The van der Waals surface area contributed by atoms with Crippen molar-refractivity contribution < 1.29 is 9.53 Å². The molecule has 0 aliphatic rings. The molecule has 5 N–H and O–H groups in total. The van der Waals surface area contributed by atoms with Crippen molar-refractivity contribution in [3.63, 3.8) is 0 Å². The highest BCUT2D eigenvalue weighted by atomic mass is 16.5. The first-order valence-corrected chi connectivity index (χ1v) is 5.11. The Bertz CT molecular complexity index is 396. The summed E-state index contributed by atoms with van der Waals surface area (Å²) >= 11 is 0. The summed E-state index contributed by atoms with van der Waals surface area (Å²) in [5, 5.41) is 2.69. The average molecular weight is 236 g/mol. The Morgan fingerprint density at radius 3 is 2.53 bits per heavy atom. The maximum absolute atomic E-state index is 11.6. The van der Waals surface area contributed by atoms with E-state index in [2.05, 4.69) is 10.3 Å². The lowest BCUT2D eigenvalue weighted by molar-refractivity contribution is 0.0955. The molecule has 0 saturated heterocycles. The van der Waals surface area contributed by atoms with E-state index in [0.29, 0.717) is 24.4 Å². The number of aliphatic imine (C=N–C) groups is 1. The second-order valence-corrected chi connectivity index (χ2v) is 3.29. The normalized spacial score (nSPS) is 9.47. The molecule has 92 valence electrons. The number of ether oxygens (including phenoxy) is 1. The highest BCUT2D eigenvalue weighted by molar-refractivity contribution is 5.94. The number of nitrogens with two attached hydrogens (primary N) is 2. The van der Waals surface area contributed by atoms with Gasteiger partial charge in [-0.3, -0.25) is 9.79 Å². The summed E-state index contributed by atoms with van der Waals surface area (Å²) in [5.74, 6) is 0.559. The van der Waals surface area contributed by atoms with Gasteiger partial charge in [0.15, 0.2) is 5.96 Å². The number of methoxy groups -OCH3 is 1. The molecule has 0 atom stereocenters. The van der Waals surface area contributed by atoms with Crippen LogP contribution in [0.5, 0.6) is 5.75 Å². The minimum atomic E-state index is -0.168. The first-order valence-electron chi connectivity index (χ1n) is 5.11. The molecular weight excluding hydrogens is 220 g/mol. The Kier molecular flexibility index (Phi) is 4.80. The quantitative estimate of drug-likeness (QED) is 0.371. The van der Waals surface area contributed by atoms with E-state index in [-0.39, 0.29) is 11.9 Å². The molecule has 0 aliphatic heterocycles. The van der Waals surface area contributed by atoms with Crippen LogP contribution >= 0.6 is 0 Å². The zero-order valence-electron chi connectivity index (χ0n) is 9.64. The molecule has 0 saturated carbocycles. The fourth-order valence-corrected chi connectivity index (χ4v) is 1.20. The molecule has 0 fully saturated rings. The van der Waals surface area contributed by atoms with Gasteiger partial charge in [-0.15, -0.1) is 0 Å². The van der Waals surface area contributed by atoms with Crippen molar-refractivity contribution in [1.82, 2.24) is 5.32 Å². The standard InChI is InChI=1S/C11H16N4O2/c1-17-9-4-2-8(3-5-9)10(16)14-6-7-15-11(12)13/h2-5H,6-7H2,1H3,(H,14,16)(H4,12,13,15). The number of rotatable bonds is 5. The molecule has 0 aromatic heterocycles. The third-order valence-electron chi connectivity index (χ3n) is 2.04. The second kappa shape index (κ2) is 6.37. The first-order chi connectivity index (χ1) is 8.13. The van der Waals surface area contributed by atoms with Crippen molar-refractivity contribution in [1.29, 1.82) is 0 Å². The van der Waals surface area contributed by atoms with Gasteiger partial charge in [-0.1, -0.05) is 0 Å². The van der Waals surface area contributed by atoms with Crippen LogP contribution in [0.25, 0.3) is 0 Å². The van der Waals surface area contributed by atoms with Crippen LogP contribution in [0.3, 0.4) is 0 Å². The van der Waals surface area contributed by atoms with E-state index in [0.717, 1.165) is 0 Å². The number of benzene rings is 1. The topological polar surface area (TPSA) is 103 Å². The molecule has 6 nitrogen and oxygen atoms in total. The predicted molar refractivity (Wildman–Crippen MR) is 66.0 cm³/mol. The second-order valence-electron chi connectivity index (χ2n) is 3.29. The molecule has 0 aliphatic carbocycles. The molecule has 1 aromatic rings. The number of carbonyl (C=O) groups excluding carboxylic acids is 1. The highest BCUT2D eigenvalue weighted by Gasteiger charge is 2.03. The van der Waals surface area contributed by atoms with E-state index in [1.807, 2.05) is 0 Å². The van der Waals surface area contributed by atoms with Gasteiger partial charge in [0, 0.05) is 12.1 Å². The van der Waals surface area contributed by atoms with Crippen LogP contribution in [0.15, 0.2) is 29.3 Å². The predicted octanol–water partition coefficient (Wildman–Crippen LogP) is -0.302. The molecule has 17 heavy (non-hydrogen) atoms. The lowest BCUT2D eigenvalue weighted by Crippen LogP contribution is -2.28. The molecule has 0 spiro atoms. The van der Waals surface area contributed by atoms with Gasteiger partial charge in [0.25, 0.3) is 5.91 Å². The molecule has 0 bridgehead atoms. The van der Waals surface area contributed by atoms with Gasteiger partial charge in [-0.05, 0) is 24.3 Å². The van der Waals surface area contributed by atoms with E-state index in [4.69, 9.17) is 16.2 Å². The summed E-state index contributed by atoms with van der Waals surface area (Å²) in [7, 11) is 1.57. The van der Waals surface area contributed by atoms with Crippen LogP contribution < -0.4 is 21.5 Å². The van der Waals surface area contributed by atoms with Crippen molar-refractivity contribution in [2.45, 2.75) is 0 Å². The number of hydrogen-bond acceptors (Lipinski definition) is 3. The van der Waals surface area contributed by atoms with Crippen molar-refractivity contribution in [2.24, 2.45) is 16.5 Å². The zero-order chi connectivity index (χ0) is 12.7. The number of nitrogens with one attached hydrogen (secondary N) is 1. The van der Waals surface area contributed by atoms with Crippen molar-refractivity contribution in [3.05, 3.63) is 29.8 Å². The molecule has 1 amide bonds. The van der Waals surface area contributed by atoms with Crippen LogP contribution in [0.2, 0.25) is 0 Å². The Morgan fingerprint density at radius 1 is 1.35 bits per heavy atom. The third kappa shape index (κ3) is 4.42. The van der Waals surface area contributed by atoms with Gasteiger partial charge in [0.2, 0.25) is 0 Å². The lowest BCUT2D eigenvalue weighted by Gasteiger charge is -2.04. The van der Waals surface area contributed by atoms with Gasteiger partial charge < -0.3 is 21.5 Å². The molecule has 1 aromatic carbocycles. The smallest absolute Gasteiger partial charge is 0.251 e. The van der Waals surface area contributed by atoms with E-state index in [9.17, 15) is 4.79 Å². The van der Waals surface area contributed by atoms with Crippen molar-refractivity contribution in [3.8, 4) is 5.75 Å². The van der Waals surface area contributed by atoms with E-state index < -0.39 is 0 Å². The molecule has 6 heteroatoms. The average Bonchev–Trinajstić information content (AvgIpc) is 2.34. The number of amides is 1. The Hall–Kier alpha value is -2.24. The minimum absolute atomic E-state index is 0.0173. The summed E-state index contributed by atoms with van der Waals surface area (Å²) in [6, 6.07) is 6.83. The van der Waals surface area contributed by atoms with Crippen LogP contribution in [0.4, 0.5) is 0 Å². The molecule has 0 radical (unpaired) electrons. The van der Waals surface area contributed by atoms with Gasteiger partial charge in [0.05, 0.1) is 13.7 Å². The van der Waals surface area contributed by atoms with Gasteiger partial charge >= 0.3 is 0 Å². The minimum Gasteiger partial charge on any atom is -0.497 e. The summed E-state index contributed by atoms with van der Waals surface area (Å²) in [6.45, 7) is 0.757. The monoisotopic (exact) mass is 236 g/mol. The van der Waals surface area contributed by atoms with Gasteiger partial charge in [-0.25, -0.2) is 0 Å². The fraction of sp³-hybridized carbons (Fsp3) is 0.273. The molecular formula is C11H16N4O2. The Labute approximate surface area is 99.7 Å². The van der Waals surface area contributed by atoms with Crippen LogP contribution in [-0.4, -0.2) is 32.1 Å². The summed E-state index contributed by atoms with van der Waals surface area (Å²) in [6.07, 6.45) is 0. The van der Waals surface area contributed by atoms with Gasteiger partial charge in [-0.2, -0.15) is 0 Å². The van der Waals surface area contributed by atoms with E-state index in [1.54, 1.807) is 31.4 Å². The number of carbonyl (C=O) groups is 1. The van der Waals surface area contributed by atoms with Crippen molar-refractivity contribution >= 4 is 11.9 Å². The SMILES string of the molecule is COc1ccc(C(=O)NCCN=C(N)N)cc1. The molecule has 0 unspecified atom stereocenters. The largest absolute Gasteiger partial charge is 0.497 e. The van der Waals surface area contributed by atoms with Gasteiger partial charge in [0.1, 0.15) is 5.75 Å². The van der Waals surface area contributed by atoms with Crippen LogP contribution in [0, 0.1) is 0 Å². The Balaban J connectivity index is 2.44. The molecule has 1 rings (SSSR count). The number of guanidine groups is 1. The third-order valence-corrected chi connectivity index (χ3v) is 2.04. The fourth-order valence-electron chi connectivity index (χ4n) is 1.20. The molecule has 0 heterocycles. The summed E-state index contributed by atoms with van der Waals surface area (Å²) < 4.78 is 5.00. The van der Waals surface area contributed by atoms with Crippen LogP contribution in [-0.2, 0) is 0 Å². The maximum atomic E-state index is 11.6. The summed E-state index contributed by atoms with van der Waals surface area (Å²) in [4.78, 5) is 15.4. The van der Waals surface area contributed by atoms with Crippen molar-refractivity contribution in [2.75, 3.05) is 20.2 Å². The first kappa shape index (κ1) is 12.8. The number of nitrogens with zero attached hydrogens (tertiary/aromatic N) is 1. The summed E-state index contributed by atoms with van der Waals surface area (Å²) in [5.41, 5.74) is 10.9. The zero-order valence-corrected chi connectivity index (χ0v) is 9.64. The maximum Gasteiger partial charge on any atom is 0.251 e. The van der Waals surface area contributed by atoms with E-state index >= 15 is 0 Å². The van der Waals surface area contributed by atoms with E-state index in [1.165, 1.54) is 0 Å². The Morgan fingerprint density at radius 2 is 2.00 bits per heavy atom. The van der Waals surface area contributed by atoms with Crippen LogP contribution in [0.1, 0.15) is 10.4 Å². The number of hydrogen-bond donors (Lipinski definition) is 3. The lowest BCUT2D eigenvalue weighted by atomic mass is 10.2.